The van der Waals surface area contributed by atoms with Crippen LogP contribution in [0.25, 0.3) is 0 Å². The predicted octanol–water partition coefficient (Wildman–Crippen LogP) is 6.51. The lowest BCUT2D eigenvalue weighted by atomic mass is 9.84. The highest BCUT2D eigenvalue weighted by molar-refractivity contribution is 6.66. The molecule has 1 saturated heterocycles. The Balaban J connectivity index is 1.31. The molecule has 0 N–H and O–H groups in total. The molecule has 1 saturated carbocycles. The second-order valence-corrected chi connectivity index (χ2v) is 14.6. The number of hydrogen-bond donors (Lipinski definition) is 0. The van der Waals surface area contributed by atoms with Crippen molar-refractivity contribution >= 4 is 105 Å². The fourth-order valence-electron chi connectivity index (χ4n) is 6.18. The monoisotopic (exact) mass is 799 g/mol. The van der Waals surface area contributed by atoms with Gasteiger partial charge < -0.3 is 9.47 Å². The van der Waals surface area contributed by atoms with Gasteiger partial charge in [-0.05, 0) is 54.6 Å². The molecule has 0 spiro atoms. The summed E-state index contributed by atoms with van der Waals surface area (Å²) in [4.78, 5) is 74.5. The second-order valence-electron chi connectivity index (χ2n) is 11.3. The largest absolute Gasteiger partial charge is 0.497 e. The molecule has 50 heavy (non-hydrogen) atoms. The summed E-state index contributed by atoms with van der Waals surface area (Å²) in [5, 5.41) is 11.5. The van der Waals surface area contributed by atoms with Crippen LogP contribution in [0.3, 0.4) is 0 Å². The molecule has 6 rings (SSSR count). The van der Waals surface area contributed by atoms with E-state index in [1.165, 1.54) is 43.5 Å². The molecule has 1 heterocycles. The van der Waals surface area contributed by atoms with Gasteiger partial charge in [0.2, 0.25) is 0 Å². The number of fused-ring (bicyclic) bond motifs is 5. The van der Waals surface area contributed by atoms with Crippen molar-refractivity contribution in [3.05, 3.63) is 110 Å². The Morgan fingerprint density at radius 2 is 1.36 bits per heavy atom. The summed E-state index contributed by atoms with van der Waals surface area (Å²) >= 11 is 39.5. The highest BCUT2D eigenvalue weighted by Gasteiger charge is 2.88. The zero-order valence-corrected chi connectivity index (χ0v) is 29.6. The predicted molar refractivity (Wildman–Crippen MR) is 182 cm³/mol. The van der Waals surface area contributed by atoms with Crippen LogP contribution in [-0.4, -0.2) is 72.2 Å². The molecule has 0 radical (unpaired) electrons. The SMILES string of the molecule is COc1cccc(C(=O)Oc2ccc(C(=O)CN(C(=O)c3ccc([N+](=O)[O-])cc3)N3C(=O)[C@@H]4[C@@H](C3=O)[C@@]3(Cl)C(Cl)=C(Cl)[C@@]4(Cl)C3(Cl)Cl)cc2)c1. The van der Waals surface area contributed by atoms with Crippen LogP contribution in [0.1, 0.15) is 31.1 Å². The highest BCUT2D eigenvalue weighted by Crippen LogP contribution is 2.77. The van der Waals surface area contributed by atoms with E-state index in [2.05, 4.69) is 0 Å². The Kier molecular flexibility index (Phi) is 9.12. The Hall–Kier alpha value is -3.91. The quantitative estimate of drug-likeness (QED) is 0.0448. The van der Waals surface area contributed by atoms with E-state index in [1.54, 1.807) is 12.1 Å². The lowest BCUT2D eigenvalue weighted by Gasteiger charge is -2.36. The van der Waals surface area contributed by atoms with Crippen molar-refractivity contribution in [2.24, 2.45) is 11.8 Å². The van der Waals surface area contributed by atoms with E-state index < -0.39 is 66.9 Å². The molecular formula is C32H19Cl6N3O9. The standard InChI is InChI=1S/C32H19Cl6N3O9/c1-49-20-4-2-3-17(13-20)29(46)50-19-11-7-15(8-12-19)21(42)14-39(26(43)16-5-9-18(10-6-16)41(47)48)40-27(44)22-23(28(40)45)31(36)25(34)24(33)30(22,35)32(31,37)38/h2-13,22-23H,14H2,1H3/t22-,23-,30+,31+/m0/s1. The number of ether oxygens (including phenoxy) is 2. The number of esters is 1. The van der Waals surface area contributed by atoms with Gasteiger partial charge in [-0.1, -0.05) is 52.5 Å². The van der Waals surface area contributed by atoms with E-state index in [-0.39, 0.29) is 38.2 Å². The number of carbonyl (C=O) groups is 5. The number of carbonyl (C=O) groups excluding carboxylic acids is 5. The van der Waals surface area contributed by atoms with Crippen molar-refractivity contribution in [2.75, 3.05) is 13.7 Å². The number of alkyl halides is 4. The Labute approximate surface area is 312 Å². The maximum atomic E-state index is 14.1. The zero-order chi connectivity index (χ0) is 36.5. The zero-order valence-electron chi connectivity index (χ0n) is 25.1. The molecule has 2 aliphatic carbocycles. The van der Waals surface area contributed by atoms with Gasteiger partial charge in [-0.2, -0.15) is 5.01 Å². The number of halogens is 6. The first-order valence-corrected chi connectivity index (χ1v) is 16.5. The molecule has 258 valence electrons. The number of nitrogens with zero attached hydrogens (tertiary/aromatic N) is 3. The minimum absolute atomic E-state index is 0.0112. The number of nitro benzene ring substituents is 1. The van der Waals surface area contributed by atoms with Gasteiger partial charge in [-0.15, -0.1) is 23.2 Å². The van der Waals surface area contributed by atoms with Crippen molar-refractivity contribution in [1.82, 2.24) is 10.0 Å². The summed E-state index contributed by atoms with van der Waals surface area (Å²) < 4.78 is 8.25. The summed E-state index contributed by atoms with van der Waals surface area (Å²) in [5.74, 6) is -7.45. The number of methoxy groups -OCH3 is 1. The van der Waals surface area contributed by atoms with Gasteiger partial charge in [0.05, 0.1) is 39.5 Å². The Morgan fingerprint density at radius 3 is 1.88 bits per heavy atom. The number of ketones is 1. The van der Waals surface area contributed by atoms with Gasteiger partial charge in [0.15, 0.2) is 10.1 Å². The number of amides is 3. The van der Waals surface area contributed by atoms with Gasteiger partial charge >= 0.3 is 5.97 Å². The van der Waals surface area contributed by atoms with Crippen molar-refractivity contribution in [2.45, 2.75) is 14.1 Å². The molecule has 3 aromatic carbocycles. The smallest absolute Gasteiger partial charge is 0.343 e. The fraction of sp³-hybridized carbons (Fsp3) is 0.219. The molecule has 0 aromatic heterocycles. The van der Waals surface area contributed by atoms with Crippen LogP contribution >= 0.6 is 69.6 Å². The fourth-order valence-corrected chi connectivity index (χ4v) is 9.11. The first-order chi connectivity index (χ1) is 23.5. The van der Waals surface area contributed by atoms with E-state index in [1.807, 2.05) is 0 Å². The number of imide groups is 1. The Morgan fingerprint density at radius 1 is 0.820 bits per heavy atom. The third-order valence-corrected chi connectivity index (χ3v) is 12.9. The van der Waals surface area contributed by atoms with E-state index >= 15 is 0 Å². The first kappa shape index (κ1) is 35.9. The maximum absolute atomic E-state index is 14.1. The lowest BCUT2D eigenvalue weighted by molar-refractivity contribution is -0.384. The summed E-state index contributed by atoms with van der Waals surface area (Å²) in [6.45, 7) is -0.901. The van der Waals surface area contributed by atoms with Gasteiger partial charge in [0.1, 0.15) is 27.8 Å². The summed E-state index contributed by atoms with van der Waals surface area (Å²) in [6, 6.07) is 15.7. The van der Waals surface area contributed by atoms with Crippen molar-refractivity contribution in [3.63, 3.8) is 0 Å². The van der Waals surface area contributed by atoms with Crippen LogP contribution in [0, 0.1) is 22.0 Å². The topological polar surface area (TPSA) is 153 Å². The van der Waals surface area contributed by atoms with Crippen LogP contribution in [0.15, 0.2) is 82.9 Å². The third-order valence-electron chi connectivity index (χ3n) is 8.67. The minimum Gasteiger partial charge on any atom is -0.497 e. The normalized spacial score (nSPS) is 24.7. The minimum atomic E-state index is -2.25. The molecule has 3 aliphatic rings. The van der Waals surface area contributed by atoms with Crippen LogP contribution in [-0.2, 0) is 9.59 Å². The second kappa shape index (κ2) is 12.7. The van der Waals surface area contributed by atoms with Gasteiger partial charge in [0, 0.05) is 23.3 Å². The number of rotatable bonds is 9. The van der Waals surface area contributed by atoms with Crippen LogP contribution < -0.4 is 9.47 Å². The molecule has 12 nitrogen and oxygen atoms in total. The molecule has 1 aliphatic heterocycles. The molecule has 4 atom stereocenters. The first-order valence-electron chi connectivity index (χ1n) is 14.3. The average Bonchev–Trinajstić information content (AvgIpc) is 3.49. The van der Waals surface area contributed by atoms with Gasteiger partial charge in [0.25, 0.3) is 23.4 Å². The number of nitro groups is 1. The van der Waals surface area contributed by atoms with Gasteiger partial charge in [-0.3, -0.25) is 29.3 Å². The number of allylic oxidation sites excluding steroid dienone is 2. The van der Waals surface area contributed by atoms with E-state index in [9.17, 15) is 34.1 Å². The summed E-state index contributed by atoms with van der Waals surface area (Å²) in [5.41, 5.74) is -0.370. The molecule has 0 unspecified atom stereocenters. The third kappa shape index (κ3) is 5.15. The van der Waals surface area contributed by atoms with Crippen molar-refractivity contribution in [1.29, 1.82) is 0 Å². The molecule has 2 fully saturated rings. The van der Waals surface area contributed by atoms with E-state index in [0.29, 0.717) is 15.8 Å². The maximum Gasteiger partial charge on any atom is 0.343 e. The molecule has 3 amide bonds. The Bertz CT molecular complexity index is 2000. The highest BCUT2D eigenvalue weighted by atomic mass is 35.5. The molecule has 2 bridgehead atoms. The van der Waals surface area contributed by atoms with Crippen LogP contribution in [0.2, 0.25) is 0 Å². The number of non-ortho nitro benzene ring substituents is 1. The van der Waals surface area contributed by atoms with Crippen molar-refractivity contribution < 1.29 is 38.4 Å². The number of hydrogen-bond acceptors (Lipinski definition) is 9. The van der Waals surface area contributed by atoms with Gasteiger partial charge in [-0.25, -0.2) is 9.80 Å². The number of benzene rings is 3. The van der Waals surface area contributed by atoms with E-state index in [4.69, 9.17) is 79.1 Å². The number of Topliss-reactive ketones (excluding diaryl/α,β-unsaturated/α-hetero) is 1. The number of hydrazine groups is 1. The lowest BCUT2D eigenvalue weighted by Crippen LogP contribution is -2.56. The molecular weight excluding hydrogens is 783 g/mol. The summed E-state index contributed by atoms with van der Waals surface area (Å²) in [6.07, 6.45) is 0. The summed E-state index contributed by atoms with van der Waals surface area (Å²) in [7, 11) is 1.45. The molecule has 3 aromatic rings. The molecule has 18 heteroatoms. The average molecular weight is 802 g/mol. The van der Waals surface area contributed by atoms with Crippen LogP contribution in [0.4, 0.5) is 5.69 Å². The van der Waals surface area contributed by atoms with E-state index in [0.717, 1.165) is 24.3 Å². The van der Waals surface area contributed by atoms with Crippen molar-refractivity contribution in [3.8, 4) is 11.5 Å². The van der Waals surface area contributed by atoms with Crippen LogP contribution in [0.5, 0.6) is 11.5 Å².